The van der Waals surface area contributed by atoms with Gasteiger partial charge in [0.15, 0.2) is 0 Å². The topological polar surface area (TPSA) is 127 Å². The minimum atomic E-state index is -0.610. The van der Waals surface area contributed by atoms with Crippen LogP contribution >= 0.6 is 11.6 Å². The molecule has 9 nitrogen and oxygen atoms in total. The Morgan fingerprint density at radius 3 is 2.54 bits per heavy atom. The monoisotopic (exact) mass is 344 g/mol. The zero-order valence-electron chi connectivity index (χ0n) is 11.9. The Balaban J connectivity index is 1.75. The van der Waals surface area contributed by atoms with Crippen molar-refractivity contribution >= 4 is 28.9 Å². The Morgan fingerprint density at radius 2 is 1.96 bits per heavy atom. The van der Waals surface area contributed by atoms with Crippen molar-refractivity contribution < 1.29 is 9.72 Å². The molecule has 24 heavy (non-hydrogen) atoms. The van der Waals surface area contributed by atoms with Crippen molar-refractivity contribution in [1.29, 1.82) is 0 Å². The van der Waals surface area contributed by atoms with Crippen LogP contribution in [-0.2, 0) is 0 Å². The maximum atomic E-state index is 12.2. The van der Waals surface area contributed by atoms with Crippen LogP contribution in [0.25, 0.3) is 11.4 Å². The molecule has 10 heteroatoms. The number of aromatic nitrogens is 4. The number of hydrogen-bond acceptors (Lipinski definition) is 6. The lowest BCUT2D eigenvalue weighted by Gasteiger charge is -2.06. The lowest BCUT2D eigenvalue weighted by molar-refractivity contribution is -0.384. The summed E-state index contributed by atoms with van der Waals surface area (Å²) in [4.78, 5) is 22.3. The average molecular weight is 345 g/mol. The highest BCUT2D eigenvalue weighted by atomic mass is 35.5. The molecule has 0 fully saturated rings. The van der Waals surface area contributed by atoms with E-state index in [1.54, 1.807) is 24.3 Å². The number of nitro groups is 1. The minimum absolute atomic E-state index is 0.0971. The lowest BCUT2D eigenvalue weighted by atomic mass is 10.1. The second kappa shape index (κ2) is 6.42. The molecule has 1 heterocycles. The van der Waals surface area contributed by atoms with E-state index >= 15 is 0 Å². The van der Waals surface area contributed by atoms with Gasteiger partial charge in [-0.1, -0.05) is 11.6 Å². The Hall–Kier alpha value is -3.33. The van der Waals surface area contributed by atoms with Crippen LogP contribution in [0.5, 0.6) is 0 Å². The molecule has 0 atom stereocenters. The van der Waals surface area contributed by atoms with E-state index < -0.39 is 10.8 Å². The molecule has 0 radical (unpaired) electrons. The average Bonchev–Trinajstić information content (AvgIpc) is 3.09. The Kier molecular flexibility index (Phi) is 4.17. The molecule has 1 amide bonds. The summed E-state index contributed by atoms with van der Waals surface area (Å²) in [5.41, 5.74) is 1.24. The van der Waals surface area contributed by atoms with Crippen molar-refractivity contribution in [2.45, 2.75) is 0 Å². The molecule has 0 spiro atoms. The summed E-state index contributed by atoms with van der Waals surface area (Å²) >= 11 is 5.80. The first-order valence-electron chi connectivity index (χ1n) is 6.64. The van der Waals surface area contributed by atoms with Gasteiger partial charge in [-0.2, -0.15) is 5.21 Å². The summed E-state index contributed by atoms with van der Waals surface area (Å²) < 4.78 is 0. The number of carbonyl (C=O) groups excluding carboxylic acids is 1. The van der Waals surface area contributed by atoms with E-state index in [1.807, 2.05) is 0 Å². The predicted molar refractivity (Wildman–Crippen MR) is 85.7 cm³/mol. The fourth-order valence-corrected chi connectivity index (χ4v) is 2.24. The fourth-order valence-electron chi connectivity index (χ4n) is 1.99. The van der Waals surface area contributed by atoms with E-state index in [4.69, 9.17) is 11.6 Å². The van der Waals surface area contributed by atoms with Gasteiger partial charge in [0.25, 0.3) is 11.6 Å². The third kappa shape index (κ3) is 3.20. The molecule has 120 valence electrons. The van der Waals surface area contributed by atoms with Crippen molar-refractivity contribution in [2.24, 2.45) is 0 Å². The maximum Gasteiger partial charge on any atom is 0.287 e. The van der Waals surface area contributed by atoms with Gasteiger partial charge in [0.05, 0.1) is 4.92 Å². The number of amides is 1. The van der Waals surface area contributed by atoms with Gasteiger partial charge < -0.3 is 5.32 Å². The summed E-state index contributed by atoms with van der Waals surface area (Å²) in [7, 11) is 0. The van der Waals surface area contributed by atoms with Gasteiger partial charge in [-0.15, -0.1) is 10.2 Å². The first-order chi connectivity index (χ1) is 11.5. The summed E-state index contributed by atoms with van der Waals surface area (Å²) in [6.45, 7) is 0. The molecule has 2 aromatic carbocycles. The van der Waals surface area contributed by atoms with E-state index in [9.17, 15) is 14.9 Å². The molecule has 3 aromatic rings. The molecule has 0 aliphatic heterocycles. The molecule has 0 aliphatic carbocycles. The van der Waals surface area contributed by atoms with Gasteiger partial charge in [-0.05, 0) is 41.6 Å². The standard InChI is InChI=1S/C14H9ClN6O3/c15-11-7-9(3-6-12(11)21(23)24)14(22)16-10-4-1-8(2-5-10)13-17-19-20-18-13/h1-7H,(H,16,22)(H,17,18,19,20). The van der Waals surface area contributed by atoms with Gasteiger partial charge in [-0.25, -0.2) is 0 Å². The highest BCUT2D eigenvalue weighted by molar-refractivity contribution is 6.33. The number of carbonyl (C=O) groups is 1. The number of hydrogen-bond donors (Lipinski definition) is 2. The van der Waals surface area contributed by atoms with Crippen LogP contribution in [-0.4, -0.2) is 31.5 Å². The summed E-state index contributed by atoms with van der Waals surface area (Å²) in [6.07, 6.45) is 0. The molecular formula is C14H9ClN6O3. The van der Waals surface area contributed by atoms with Crippen LogP contribution in [0.15, 0.2) is 42.5 Å². The summed E-state index contributed by atoms with van der Waals surface area (Å²) in [5.74, 6) is 0.00846. The first kappa shape index (κ1) is 15.6. The van der Waals surface area contributed by atoms with Gasteiger partial charge in [0, 0.05) is 22.9 Å². The Labute approximate surface area is 139 Å². The lowest BCUT2D eigenvalue weighted by Crippen LogP contribution is -2.11. The number of nitrogens with zero attached hydrogens (tertiary/aromatic N) is 4. The van der Waals surface area contributed by atoms with E-state index in [0.717, 1.165) is 5.56 Å². The molecule has 0 aliphatic rings. The minimum Gasteiger partial charge on any atom is -0.322 e. The van der Waals surface area contributed by atoms with Crippen LogP contribution in [0.1, 0.15) is 10.4 Å². The van der Waals surface area contributed by atoms with Crippen molar-refractivity contribution in [3.63, 3.8) is 0 Å². The number of nitro benzene ring substituents is 1. The number of halogens is 1. The van der Waals surface area contributed by atoms with E-state index in [-0.39, 0.29) is 16.3 Å². The molecular weight excluding hydrogens is 336 g/mol. The molecule has 0 unspecified atom stereocenters. The van der Waals surface area contributed by atoms with Crippen molar-refractivity contribution in [3.05, 3.63) is 63.2 Å². The largest absolute Gasteiger partial charge is 0.322 e. The van der Waals surface area contributed by atoms with Gasteiger partial charge >= 0.3 is 0 Å². The third-order valence-corrected chi connectivity index (χ3v) is 3.46. The maximum absolute atomic E-state index is 12.2. The number of nitrogens with one attached hydrogen (secondary N) is 2. The van der Waals surface area contributed by atoms with Crippen LogP contribution in [0.2, 0.25) is 5.02 Å². The smallest absolute Gasteiger partial charge is 0.287 e. The number of benzene rings is 2. The van der Waals surface area contributed by atoms with E-state index in [1.165, 1.54) is 18.2 Å². The summed E-state index contributed by atoms with van der Waals surface area (Å²) in [5, 5.41) is 26.8. The SMILES string of the molecule is O=C(Nc1ccc(-c2nn[nH]n2)cc1)c1ccc([N+](=O)[O-])c(Cl)c1. The van der Waals surface area contributed by atoms with Crippen molar-refractivity contribution in [2.75, 3.05) is 5.32 Å². The van der Waals surface area contributed by atoms with Gasteiger partial charge in [0.2, 0.25) is 5.82 Å². The zero-order chi connectivity index (χ0) is 17.1. The van der Waals surface area contributed by atoms with E-state index in [2.05, 4.69) is 25.9 Å². The number of H-pyrrole nitrogens is 1. The van der Waals surface area contributed by atoms with E-state index in [0.29, 0.717) is 11.5 Å². The molecule has 1 aromatic heterocycles. The Morgan fingerprint density at radius 1 is 1.21 bits per heavy atom. The van der Waals surface area contributed by atoms with Crippen LogP contribution < -0.4 is 5.32 Å². The third-order valence-electron chi connectivity index (χ3n) is 3.15. The molecule has 2 N–H and O–H groups in total. The normalized spacial score (nSPS) is 10.4. The molecule has 0 saturated heterocycles. The number of aromatic amines is 1. The zero-order valence-corrected chi connectivity index (χ0v) is 12.7. The van der Waals surface area contributed by atoms with Crippen LogP contribution in [0.3, 0.4) is 0 Å². The van der Waals surface area contributed by atoms with Crippen LogP contribution in [0.4, 0.5) is 11.4 Å². The van der Waals surface area contributed by atoms with Crippen LogP contribution in [0, 0.1) is 10.1 Å². The highest BCUT2D eigenvalue weighted by Crippen LogP contribution is 2.25. The van der Waals surface area contributed by atoms with Gasteiger partial charge in [0.1, 0.15) is 5.02 Å². The summed E-state index contributed by atoms with van der Waals surface area (Å²) in [6, 6.07) is 10.6. The quantitative estimate of drug-likeness (QED) is 0.553. The number of anilines is 1. The first-order valence-corrected chi connectivity index (χ1v) is 7.01. The fraction of sp³-hybridized carbons (Fsp3) is 0. The molecule has 0 saturated carbocycles. The van der Waals surface area contributed by atoms with Crippen molar-refractivity contribution in [1.82, 2.24) is 20.6 Å². The second-order valence-corrected chi connectivity index (χ2v) is 5.10. The Bertz CT molecular complexity index is 895. The second-order valence-electron chi connectivity index (χ2n) is 4.69. The van der Waals surface area contributed by atoms with Gasteiger partial charge in [-0.3, -0.25) is 14.9 Å². The molecule has 0 bridgehead atoms. The number of rotatable bonds is 4. The molecule has 3 rings (SSSR count). The van der Waals surface area contributed by atoms with Crippen molar-refractivity contribution in [3.8, 4) is 11.4 Å². The predicted octanol–water partition coefficient (Wildman–Crippen LogP) is 2.68. The highest BCUT2D eigenvalue weighted by Gasteiger charge is 2.15. The number of tetrazole rings is 1.